The predicted molar refractivity (Wildman–Crippen MR) is 127 cm³/mol. The van der Waals surface area contributed by atoms with Crippen LogP contribution in [0.4, 0.5) is 0 Å². The van der Waals surface area contributed by atoms with E-state index in [1.54, 1.807) is 7.05 Å². The third kappa shape index (κ3) is 8.05. The molecule has 6 nitrogen and oxygen atoms in total. The van der Waals surface area contributed by atoms with E-state index in [0.717, 1.165) is 44.2 Å². The summed E-state index contributed by atoms with van der Waals surface area (Å²) in [6.07, 6.45) is 1.60. The smallest absolute Gasteiger partial charge is 0.191 e. The van der Waals surface area contributed by atoms with Crippen LogP contribution in [0.15, 0.2) is 53.5 Å². The molecular formula is C24H33ClN4O2. The van der Waals surface area contributed by atoms with Crippen LogP contribution in [0.2, 0.25) is 5.02 Å². The number of rotatable bonds is 8. The van der Waals surface area contributed by atoms with Gasteiger partial charge < -0.3 is 20.5 Å². The quantitative estimate of drug-likeness (QED) is 0.430. The lowest BCUT2D eigenvalue weighted by atomic mass is 10.1. The number of ether oxygens (including phenoxy) is 1. The van der Waals surface area contributed by atoms with Crippen molar-refractivity contribution in [3.63, 3.8) is 0 Å². The molecule has 1 aliphatic heterocycles. The van der Waals surface area contributed by atoms with Gasteiger partial charge in [-0.05, 0) is 55.2 Å². The summed E-state index contributed by atoms with van der Waals surface area (Å²) in [5, 5.41) is 17.0. The van der Waals surface area contributed by atoms with Gasteiger partial charge in [0.05, 0.1) is 12.6 Å². The van der Waals surface area contributed by atoms with Crippen LogP contribution in [0.1, 0.15) is 30.9 Å². The average molecular weight is 445 g/mol. The molecule has 0 bridgehead atoms. The highest BCUT2D eigenvalue weighted by Gasteiger charge is 2.16. The Morgan fingerprint density at radius 2 is 1.74 bits per heavy atom. The third-order valence-electron chi connectivity index (χ3n) is 5.38. The molecule has 0 aromatic heterocycles. The van der Waals surface area contributed by atoms with E-state index in [4.69, 9.17) is 16.3 Å². The van der Waals surface area contributed by atoms with Crippen molar-refractivity contribution in [2.45, 2.75) is 45.1 Å². The summed E-state index contributed by atoms with van der Waals surface area (Å²) in [4.78, 5) is 6.69. The number of hydrogen-bond acceptors (Lipinski definition) is 4. The van der Waals surface area contributed by atoms with Gasteiger partial charge in [0.25, 0.3) is 0 Å². The fraction of sp³-hybridized carbons (Fsp3) is 0.458. The Kier molecular flexibility index (Phi) is 9.00. The first kappa shape index (κ1) is 23.4. The minimum Gasteiger partial charge on any atom is -0.489 e. The van der Waals surface area contributed by atoms with E-state index >= 15 is 0 Å². The van der Waals surface area contributed by atoms with Crippen LogP contribution >= 0.6 is 11.6 Å². The SMILES string of the molecule is CN=C(NCc1ccc(CN2CCC(O)CC2)cc1)NCC(C)Oc1ccc(Cl)cc1. The van der Waals surface area contributed by atoms with Crippen LogP contribution in [0.5, 0.6) is 5.75 Å². The molecule has 0 radical (unpaired) electrons. The average Bonchev–Trinajstić information content (AvgIpc) is 2.78. The van der Waals surface area contributed by atoms with Gasteiger partial charge in [0.2, 0.25) is 0 Å². The van der Waals surface area contributed by atoms with Gasteiger partial charge in [-0.25, -0.2) is 0 Å². The first-order chi connectivity index (χ1) is 15.0. The normalized spacial score (nSPS) is 16.7. The summed E-state index contributed by atoms with van der Waals surface area (Å²) >= 11 is 5.91. The van der Waals surface area contributed by atoms with Crippen LogP contribution < -0.4 is 15.4 Å². The molecule has 31 heavy (non-hydrogen) atoms. The monoisotopic (exact) mass is 444 g/mol. The number of aliphatic hydroxyl groups excluding tert-OH is 1. The largest absolute Gasteiger partial charge is 0.489 e. The Hall–Kier alpha value is -2.28. The molecule has 1 unspecified atom stereocenters. The summed E-state index contributed by atoms with van der Waals surface area (Å²) in [5.41, 5.74) is 2.50. The predicted octanol–water partition coefficient (Wildman–Crippen LogP) is 3.43. The molecular weight excluding hydrogens is 412 g/mol. The molecule has 168 valence electrons. The standard InChI is InChI=1S/C24H33ClN4O2/c1-18(31-23-9-7-21(25)8-10-23)15-27-24(26-2)28-16-19-3-5-20(6-4-19)17-29-13-11-22(30)12-14-29/h3-10,18,22,30H,11-17H2,1-2H3,(H2,26,27,28). The van der Waals surface area contributed by atoms with Gasteiger partial charge in [0.1, 0.15) is 11.9 Å². The fourth-order valence-electron chi connectivity index (χ4n) is 3.53. The molecule has 3 rings (SSSR count). The van der Waals surface area contributed by atoms with Crippen LogP contribution in [-0.4, -0.2) is 54.9 Å². The third-order valence-corrected chi connectivity index (χ3v) is 5.63. The fourth-order valence-corrected chi connectivity index (χ4v) is 3.66. The maximum absolute atomic E-state index is 9.64. The van der Waals surface area contributed by atoms with E-state index in [1.807, 2.05) is 31.2 Å². The van der Waals surface area contributed by atoms with E-state index in [-0.39, 0.29) is 12.2 Å². The van der Waals surface area contributed by atoms with Gasteiger partial charge in [-0.3, -0.25) is 9.89 Å². The number of likely N-dealkylation sites (tertiary alicyclic amines) is 1. The number of aliphatic imine (C=N–C) groups is 1. The summed E-state index contributed by atoms with van der Waals surface area (Å²) in [5.74, 6) is 1.53. The van der Waals surface area contributed by atoms with Crippen LogP contribution in [0.3, 0.4) is 0 Å². The zero-order chi connectivity index (χ0) is 22.1. The minimum atomic E-state index is -0.125. The van der Waals surface area contributed by atoms with Crippen molar-refractivity contribution in [1.29, 1.82) is 0 Å². The Morgan fingerprint density at radius 3 is 2.39 bits per heavy atom. The van der Waals surface area contributed by atoms with E-state index < -0.39 is 0 Å². The molecule has 2 aromatic carbocycles. The number of aliphatic hydroxyl groups is 1. The van der Waals surface area contributed by atoms with Crippen molar-refractivity contribution < 1.29 is 9.84 Å². The summed E-state index contributed by atoms with van der Waals surface area (Å²) in [6.45, 7) is 6.21. The molecule has 3 N–H and O–H groups in total. The number of nitrogens with one attached hydrogen (secondary N) is 2. The van der Waals surface area contributed by atoms with Crippen molar-refractivity contribution in [2.24, 2.45) is 4.99 Å². The molecule has 0 aliphatic carbocycles. The van der Waals surface area contributed by atoms with Crippen LogP contribution in [-0.2, 0) is 13.1 Å². The number of hydrogen-bond donors (Lipinski definition) is 3. The Bertz CT molecular complexity index is 818. The maximum Gasteiger partial charge on any atom is 0.191 e. The lowest BCUT2D eigenvalue weighted by molar-refractivity contribution is 0.0792. The van der Waals surface area contributed by atoms with Gasteiger partial charge in [-0.2, -0.15) is 0 Å². The first-order valence-electron chi connectivity index (χ1n) is 10.9. The Morgan fingerprint density at radius 1 is 1.10 bits per heavy atom. The summed E-state index contributed by atoms with van der Waals surface area (Å²) < 4.78 is 5.89. The van der Waals surface area contributed by atoms with Gasteiger partial charge in [0.15, 0.2) is 5.96 Å². The van der Waals surface area contributed by atoms with Crippen molar-refractivity contribution >= 4 is 17.6 Å². The molecule has 1 saturated heterocycles. The molecule has 0 amide bonds. The Balaban J connectivity index is 1.39. The first-order valence-corrected chi connectivity index (χ1v) is 11.2. The zero-order valence-corrected chi connectivity index (χ0v) is 19.1. The van der Waals surface area contributed by atoms with E-state index in [0.29, 0.717) is 18.1 Å². The second-order valence-corrected chi connectivity index (χ2v) is 8.45. The van der Waals surface area contributed by atoms with Gasteiger partial charge in [0, 0.05) is 38.2 Å². The molecule has 2 aromatic rings. The number of benzene rings is 2. The molecule has 1 fully saturated rings. The molecule has 1 heterocycles. The van der Waals surface area contributed by atoms with E-state index in [1.165, 1.54) is 11.1 Å². The van der Waals surface area contributed by atoms with Crippen LogP contribution in [0.25, 0.3) is 0 Å². The van der Waals surface area contributed by atoms with E-state index in [2.05, 4.69) is 44.8 Å². The molecule has 1 aliphatic rings. The van der Waals surface area contributed by atoms with Gasteiger partial charge in [-0.15, -0.1) is 0 Å². The highest BCUT2D eigenvalue weighted by molar-refractivity contribution is 6.30. The molecule has 7 heteroatoms. The number of guanidine groups is 1. The van der Waals surface area contributed by atoms with E-state index in [9.17, 15) is 5.11 Å². The lowest BCUT2D eigenvalue weighted by Gasteiger charge is -2.29. The van der Waals surface area contributed by atoms with Crippen molar-refractivity contribution in [1.82, 2.24) is 15.5 Å². The number of nitrogens with zero attached hydrogens (tertiary/aromatic N) is 2. The molecule has 0 saturated carbocycles. The van der Waals surface area contributed by atoms with Crippen molar-refractivity contribution in [3.8, 4) is 5.75 Å². The molecule has 1 atom stereocenters. The Labute approximate surface area is 190 Å². The van der Waals surface area contributed by atoms with Crippen molar-refractivity contribution in [2.75, 3.05) is 26.7 Å². The van der Waals surface area contributed by atoms with Crippen molar-refractivity contribution in [3.05, 3.63) is 64.7 Å². The highest BCUT2D eigenvalue weighted by Crippen LogP contribution is 2.17. The van der Waals surface area contributed by atoms with Gasteiger partial charge in [-0.1, -0.05) is 35.9 Å². The second kappa shape index (κ2) is 11.9. The second-order valence-electron chi connectivity index (χ2n) is 8.01. The number of halogens is 1. The maximum atomic E-state index is 9.64. The zero-order valence-electron chi connectivity index (χ0n) is 18.4. The van der Waals surface area contributed by atoms with Crippen LogP contribution in [0, 0.1) is 0 Å². The summed E-state index contributed by atoms with van der Waals surface area (Å²) in [7, 11) is 1.76. The highest BCUT2D eigenvalue weighted by atomic mass is 35.5. The topological polar surface area (TPSA) is 69.1 Å². The summed E-state index contributed by atoms with van der Waals surface area (Å²) in [6, 6.07) is 16.0. The molecule has 0 spiro atoms. The minimum absolute atomic E-state index is 0.0186. The lowest BCUT2D eigenvalue weighted by Crippen LogP contribution is -2.41. The number of piperidine rings is 1. The van der Waals surface area contributed by atoms with Gasteiger partial charge >= 0.3 is 0 Å².